The van der Waals surface area contributed by atoms with E-state index in [0.29, 0.717) is 0 Å². The number of nitrogens with two attached hydrogens (primary N) is 1. The quantitative estimate of drug-likeness (QED) is 0.505. The summed E-state index contributed by atoms with van der Waals surface area (Å²) in [5, 5.41) is 7.78. The second-order valence-electron chi connectivity index (χ2n) is 4.17. The van der Waals surface area contributed by atoms with Crippen LogP contribution < -0.4 is 5.73 Å². The van der Waals surface area contributed by atoms with Crippen molar-refractivity contribution in [1.29, 1.82) is 5.41 Å². The van der Waals surface area contributed by atoms with Gasteiger partial charge in [-0.2, -0.15) is 0 Å². The van der Waals surface area contributed by atoms with Crippen LogP contribution in [-0.2, 0) is 0 Å². The number of amidine groups is 1. The molecule has 2 aromatic carbocycles. The number of hydrogen-bond acceptors (Lipinski definition) is 3. The van der Waals surface area contributed by atoms with Crippen molar-refractivity contribution in [2.24, 2.45) is 5.73 Å². The first-order chi connectivity index (χ1) is 9.11. The summed E-state index contributed by atoms with van der Waals surface area (Å²) in [4.78, 5) is 3.25. The molecule has 2 nitrogen and oxygen atoms in total. The molecule has 0 amide bonds. The Balaban J connectivity index is 2.42. The molecule has 0 saturated heterocycles. The molecule has 0 spiro atoms. The first kappa shape index (κ1) is 14.0. The van der Waals surface area contributed by atoms with Crippen LogP contribution >= 0.6 is 23.5 Å². The molecule has 2 aromatic rings. The molecule has 2 rings (SSSR count). The Bertz CT molecular complexity index is 609. The third kappa shape index (κ3) is 3.33. The minimum absolute atomic E-state index is 0.125. The lowest BCUT2D eigenvalue weighted by atomic mass is 10.2. The number of rotatable bonds is 4. The standard InChI is InChI=1S/C15H16N2S2/c1-10-5-3-6-11(9-10)19-13-8-4-7-12(18-2)14(13)15(16)17/h3-9H,1-2H3,(H3,16,17). The highest BCUT2D eigenvalue weighted by molar-refractivity contribution is 8.00. The Morgan fingerprint density at radius 2 is 1.79 bits per heavy atom. The van der Waals surface area contributed by atoms with Gasteiger partial charge in [0.1, 0.15) is 5.84 Å². The fourth-order valence-corrected chi connectivity index (χ4v) is 3.65. The van der Waals surface area contributed by atoms with Gasteiger partial charge in [0.05, 0.1) is 0 Å². The molecule has 3 N–H and O–H groups in total. The van der Waals surface area contributed by atoms with Gasteiger partial charge in [-0.25, -0.2) is 0 Å². The number of hydrogen-bond donors (Lipinski definition) is 2. The molecule has 0 fully saturated rings. The summed E-state index contributed by atoms with van der Waals surface area (Å²) in [6, 6.07) is 14.4. The predicted octanol–water partition coefficient (Wildman–Crippen LogP) is 4.15. The highest BCUT2D eigenvalue weighted by Gasteiger charge is 2.11. The Labute approximate surface area is 122 Å². The van der Waals surface area contributed by atoms with E-state index in [2.05, 4.69) is 25.1 Å². The van der Waals surface area contributed by atoms with Crippen LogP contribution in [0.25, 0.3) is 0 Å². The Morgan fingerprint density at radius 1 is 1.11 bits per heavy atom. The van der Waals surface area contributed by atoms with Crippen LogP contribution in [0.4, 0.5) is 0 Å². The van der Waals surface area contributed by atoms with Gasteiger partial charge >= 0.3 is 0 Å². The van der Waals surface area contributed by atoms with E-state index >= 15 is 0 Å². The van der Waals surface area contributed by atoms with Gasteiger partial charge in [-0.1, -0.05) is 35.5 Å². The first-order valence-corrected chi connectivity index (χ1v) is 7.92. The highest BCUT2D eigenvalue weighted by atomic mass is 32.2. The summed E-state index contributed by atoms with van der Waals surface area (Å²) >= 11 is 3.27. The summed E-state index contributed by atoms with van der Waals surface area (Å²) in [6.07, 6.45) is 2.00. The maximum absolute atomic E-state index is 7.78. The molecule has 0 aliphatic heterocycles. The van der Waals surface area contributed by atoms with E-state index in [1.165, 1.54) is 10.5 Å². The van der Waals surface area contributed by atoms with E-state index in [9.17, 15) is 0 Å². The van der Waals surface area contributed by atoms with Gasteiger partial charge in [0.25, 0.3) is 0 Å². The summed E-state index contributed by atoms with van der Waals surface area (Å²) in [7, 11) is 0. The largest absolute Gasteiger partial charge is 0.384 e. The molecule has 0 atom stereocenters. The summed E-state index contributed by atoms with van der Waals surface area (Å²) < 4.78 is 0. The van der Waals surface area contributed by atoms with Crippen LogP contribution in [-0.4, -0.2) is 12.1 Å². The maximum Gasteiger partial charge on any atom is 0.125 e. The lowest BCUT2D eigenvalue weighted by molar-refractivity contribution is 1.24. The Hall–Kier alpha value is -1.39. The van der Waals surface area contributed by atoms with Crippen LogP contribution in [0.5, 0.6) is 0 Å². The molecule has 0 aromatic heterocycles. The number of thioether (sulfide) groups is 1. The van der Waals surface area contributed by atoms with E-state index in [1.807, 2.05) is 30.5 Å². The zero-order valence-electron chi connectivity index (χ0n) is 10.9. The molecule has 4 heteroatoms. The number of benzene rings is 2. The Morgan fingerprint density at radius 3 is 2.42 bits per heavy atom. The van der Waals surface area contributed by atoms with Gasteiger partial charge in [-0.3, -0.25) is 5.41 Å². The highest BCUT2D eigenvalue weighted by Crippen LogP contribution is 2.34. The number of aryl methyl sites for hydroxylation is 1. The summed E-state index contributed by atoms with van der Waals surface area (Å²) in [5.41, 5.74) is 7.80. The average Bonchev–Trinajstić information content (AvgIpc) is 2.38. The van der Waals surface area contributed by atoms with Crippen molar-refractivity contribution in [3.63, 3.8) is 0 Å². The SMILES string of the molecule is CSc1cccc(Sc2cccc(C)c2)c1C(=N)N. The van der Waals surface area contributed by atoms with E-state index in [-0.39, 0.29) is 5.84 Å². The smallest absolute Gasteiger partial charge is 0.125 e. The van der Waals surface area contributed by atoms with Crippen LogP contribution in [0.2, 0.25) is 0 Å². The number of nitrogens with one attached hydrogen (secondary N) is 1. The van der Waals surface area contributed by atoms with Crippen molar-refractivity contribution in [3.05, 3.63) is 53.6 Å². The van der Waals surface area contributed by atoms with Gasteiger partial charge in [-0.05, 0) is 37.4 Å². The zero-order valence-corrected chi connectivity index (χ0v) is 12.6. The molecule has 0 saturated carbocycles. The van der Waals surface area contributed by atoms with Gasteiger partial charge < -0.3 is 5.73 Å². The fourth-order valence-electron chi connectivity index (χ4n) is 1.84. The molecule has 19 heavy (non-hydrogen) atoms. The van der Waals surface area contributed by atoms with E-state index < -0.39 is 0 Å². The van der Waals surface area contributed by atoms with Gasteiger partial charge in [-0.15, -0.1) is 11.8 Å². The number of nitrogen functional groups attached to an aromatic ring is 1. The first-order valence-electron chi connectivity index (χ1n) is 5.87. The van der Waals surface area contributed by atoms with Crippen LogP contribution in [0.1, 0.15) is 11.1 Å². The third-order valence-electron chi connectivity index (χ3n) is 2.69. The van der Waals surface area contributed by atoms with E-state index in [0.717, 1.165) is 15.4 Å². The van der Waals surface area contributed by atoms with Crippen LogP contribution in [0, 0.1) is 12.3 Å². The molecule has 0 aliphatic carbocycles. The lowest BCUT2D eigenvalue weighted by Gasteiger charge is -2.12. The maximum atomic E-state index is 7.78. The van der Waals surface area contributed by atoms with Crippen molar-refractivity contribution in [3.8, 4) is 0 Å². The average molecular weight is 288 g/mol. The van der Waals surface area contributed by atoms with Crippen molar-refractivity contribution >= 4 is 29.4 Å². The topological polar surface area (TPSA) is 49.9 Å². The molecular formula is C15H16N2S2. The minimum atomic E-state index is 0.125. The van der Waals surface area contributed by atoms with Crippen molar-refractivity contribution in [2.75, 3.05) is 6.26 Å². The lowest BCUT2D eigenvalue weighted by Crippen LogP contribution is -2.13. The van der Waals surface area contributed by atoms with E-state index in [4.69, 9.17) is 11.1 Å². The van der Waals surface area contributed by atoms with Crippen LogP contribution in [0.15, 0.2) is 57.2 Å². The summed E-state index contributed by atoms with van der Waals surface area (Å²) in [6.45, 7) is 2.08. The van der Waals surface area contributed by atoms with Crippen molar-refractivity contribution < 1.29 is 0 Å². The molecule has 0 aliphatic rings. The molecule has 0 unspecified atom stereocenters. The van der Waals surface area contributed by atoms with Crippen molar-refractivity contribution in [2.45, 2.75) is 21.6 Å². The second-order valence-corrected chi connectivity index (χ2v) is 6.13. The van der Waals surface area contributed by atoms with Crippen molar-refractivity contribution in [1.82, 2.24) is 0 Å². The molecule has 98 valence electrons. The third-order valence-corrected chi connectivity index (χ3v) is 4.52. The molecule has 0 heterocycles. The Kier molecular flexibility index (Phi) is 4.56. The molecule has 0 radical (unpaired) electrons. The monoisotopic (exact) mass is 288 g/mol. The predicted molar refractivity (Wildman–Crippen MR) is 84.5 cm³/mol. The van der Waals surface area contributed by atoms with Gasteiger partial charge in [0, 0.05) is 20.2 Å². The van der Waals surface area contributed by atoms with Crippen LogP contribution in [0.3, 0.4) is 0 Å². The summed E-state index contributed by atoms with van der Waals surface area (Å²) in [5.74, 6) is 0.125. The zero-order chi connectivity index (χ0) is 13.8. The van der Waals surface area contributed by atoms with Gasteiger partial charge in [0.2, 0.25) is 0 Å². The van der Waals surface area contributed by atoms with Gasteiger partial charge in [0.15, 0.2) is 0 Å². The second kappa shape index (κ2) is 6.17. The van der Waals surface area contributed by atoms with E-state index in [1.54, 1.807) is 23.5 Å². The molecule has 0 bridgehead atoms. The normalized spacial score (nSPS) is 10.4. The fraction of sp³-hybridized carbons (Fsp3) is 0.133. The molecular weight excluding hydrogens is 272 g/mol. The minimum Gasteiger partial charge on any atom is -0.384 e.